The summed E-state index contributed by atoms with van der Waals surface area (Å²) in [6.45, 7) is 6.63. The average Bonchev–Trinajstić information content (AvgIpc) is 3.20. The summed E-state index contributed by atoms with van der Waals surface area (Å²) in [5, 5.41) is 8.43. The number of amides is 1. The first-order valence-electron chi connectivity index (χ1n) is 10.9. The summed E-state index contributed by atoms with van der Waals surface area (Å²) < 4.78 is 14.7. The average molecular weight is 544 g/mol. The summed E-state index contributed by atoms with van der Waals surface area (Å²) in [6, 6.07) is 13.1. The fourth-order valence-corrected chi connectivity index (χ4v) is 4.59. The Morgan fingerprint density at radius 2 is 1.94 bits per heavy atom. The minimum absolute atomic E-state index is 0.399. The standard InChI is InChI=1S/C24H26BrN5O3S/c1-4-32-19-12-16(8-11-18(19)33-13-15-6-9-17(25)10-7-15)21-20(22(26)31)14(3)27-23-28-24(34-5-2)29-30(21)23/h6-12,21H,4-5,13H2,1-3H3,(H2,26,31)(H,27,28,29). The van der Waals surface area contributed by atoms with Gasteiger partial charge in [0, 0.05) is 10.2 Å². The van der Waals surface area contributed by atoms with Crippen molar-refractivity contribution in [2.75, 3.05) is 17.7 Å². The van der Waals surface area contributed by atoms with Gasteiger partial charge >= 0.3 is 0 Å². The molecule has 2 aromatic carbocycles. The van der Waals surface area contributed by atoms with Crippen LogP contribution in [-0.2, 0) is 11.4 Å². The number of halogens is 1. The van der Waals surface area contributed by atoms with Gasteiger partial charge in [0.25, 0.3) is 0 Å². The summed E-state index contributed by atoms with van der Waals surface area (Å²) in [5.41, 5.74) is 8.71. The third-order valence-electron chi connectivity index (χ3n) is 5.26. The lowest BCUT2D eigenvalue weighted by Gasteiger charge is -2.28. The molecule has 0 aliphatic carbocycles. The van der Waals surface area contributed by atoms with Crippen LogP contribution in [0.15, 0.2) is 63.4 Å². The van der Waals surface area contributed by atoms with Gasteiger partial charge in [-0.2, -0.15) is 4.98 Å². The fraction of sp³-hybridized carbons (Fsp3) is 0.292. The second kappa shape index (κ2) is 10.5. The molecule has 178 valence electrons. The van der Waals surface area contributed by atoms with Gasteiger partial charge in [-0.25, -0.2) is 4.68 Å². The topological polar surface area (TPSA) is 104 Å². The number of thioether (sulfide) groups is 1. The molecule has 0 bridgehead atoms. The van der Waals surface area contributed by atoms with Crippen LogP contribution in [0.25, 0.3) is 0 Å². The molecule has 1 aliphatic rings. The maximum absolute atomic E-state index is 12.5. The third kappa shape index (κ3) is 5.07. The number of nitrogens with two attached hydrogens (primary N) is 1. The van der Waals surface area contributed by atoms with E-state index in [2.05, 4.69) is 31.3 Å². The maximum atomic E-state index is 12.5. The highest BCUT2D eigenvalue weighted by molar-refractivity contribution is 9.10. The number of ether oxygens (including phenoxy) is 2. The number of hydrogen-bond acceptors (Lipinski definition) is 7. The van der Waals surface area contributed by atoms with Crippen molar-refractivity contribution in [2.45, 2.75) is 38.6 Å². The minimum Gasteiger partial charge on any atom is -0.490 e. The van der Waals surface area contributed by atoms with E-state index in [0.29, 0.717) is 47.1 Å². The normalized spacial score (nSPS) is 15.0. The lowest BCUT2D eigenvalue weighted by Crippen LogP contribution is -2.31. The van der Waals surface area contributed by atoms with Crippen LogP contribution in [0.3, 0.4) is 0 Å². The van der Waals surface area contributed by atoms with E-state index in [-0.39, 0.29) is 0 Å². The van der Waals surface area contributed by atoms with Crippen LogP contribution in [0.1, 0.15) is 37.9 Å². The van der Waals surface area contributed by atoms with Crippen LogP contribution in [0.5, 0.6) is 11.5 Å². The molecule has 0 radical (unpaired) electrons. The number of benzene rings is 2. The lowest BCUT2D eigenvalue weighted by atomic mass is 9.95. The van der Waals surface area contributed by atoms with Crippen molar-refractivity contribution in [1.82, 2.24) is 14.8 Å². The zero-order valence-electron chi connectivity index (χ0n) is 19.2. The van der Waals surface area contributed by atoms with Gasteiger partial charge < -0.3 is 20.5 Å². The molecule has 3 aromatic rings. The number of rotatable bonds is 9. The zero-order valence-corrected chi connectivity index (χ0v) is 21.6. The van der Waals surface area contributed by atoms with E-state index in [1.54, 1.807) is 4.68 Å². The molecule has 1 aliphatic heterocycles. The van der Waals surface area contributed by atoms with E-state index in [4.69, 9.17) is 15.2 Å². The molecule has 1 atom stereocenters. The molecular weight excluding hydrogens is 518 g/mol. The van der Waals surface area contributed by atoms with Gasteiger partial charge in [-0.15, -0.1) is 5.10 Å². The van der Waals surface area contributed by atoms with Crippen molar-refractivity contribution in [3.05, 3.63) is 69.3 Å². The van der Waals surface area contributed by atoms with Crippen molar-refractivity contribution in [1.29, 1.82) is 0 Å². The largest absolute Gasteiger partial charge is 0.490 e. The lowest BCUT2D eigenvalue weighted by molar-refractivity contribution is -0.115. The number of aromatic nitrogens is 3. The number of anilines is 1. The van der Waals surface area contributed by atoms with Crippen molar-refractivity contribution >= 4 is 39.5 Å². The summed E-state index contributed by atoms with van der Waals surface area (Å²) >= 11 is 4.98. The zero-order chi connectivity index (χ0) is 24.2. The summed E-state index contributed by atoms with van der Waals surface area (Å²) in [4.78, 5) is 17.0. The fourth-order valence-electron chi connectivity index (χ4n) is 3.77. The Bertz CT molecular complexity index is 1230. The Morgan fingerprint density at radius 1 is 1.18 bits per heavy atom. The number of fused-ring (bicyclic) bond motifs is 1. The smallest absolute Gasteiger partial charge is 0.248 e. The van der Waals surface area contributed by atoms with Gasteiger partial charge in [0.1, 0.15) is 12.6 Å². The second-order valence-corrected chi connectivity index (χ2v) is 9.73. The number of carbonyl (C=O) groups is 1. The first-order chi connectivity index (χ1) is 16.4. The molecule has 1 unspecified atom stereocenters. The summed E-state index contributed by atoms with van der Waals surface area (Å²) in [5.74, 6) is 2.08. The van der Waals surface area contributed by atoms with Crippen molar-refractivity contribution in [3.8, 4) is 11.5 Å². The predicted molar refractivity (Wildman–Crippen MR) is 136 cm³/mol. The van der Waals surface area contributed by atoms with Crippen molar-refractivity contribution < 1.29 is 14.3 Å². The summed E-state index contributed by atoms with van der Waals surface area (Å²) in [7, 11) is 0. The maximum Gasteiger partial charge on any atom is 0.248 e. The van der Waals surface area contributed by atoms with E-state index >= 15 is 0 Å². The Morgan fingerprint density at radius 3 is 2.62 bits per heavy atom. The van der Waals surface area contributed by atoms with Crippen LogP contribution in [-0.4, -0.2) is 33.0 Å². The minimum atomic E-state index is -0.535. The van der Waals surface area contributed by atoms with E-state index in [0.717, 1.165) is 21.4 Å². The van der Waals surface area contributed by atoms with Crippen LogP contribution in [0.2, 0.25) is 0 Å². The van der Waals surface area contributed by atoms with Gasteiger partial charge in [-0.1, -0.05) is 52.8 Å². The Hall–Kier alpha value is -2.98. The highest BCUT2D eigenvalue weighted by atomic mass is 79.9. The number of allylic oxidation sites excluding steroid dienone is 1. The number of hydrogen-bond donors (Lipinski definition) is 2. The Labute approximate surface area is 211 Å². The van der Waals surface area contributed by atoms with Crippen LogP contribution in [0, 0.1) is 0 Å². The van der Waals surface area contributed by atoms with Crippen LogP contribution < -0.4 is 20.5 Å². The summed E-state index contributed by atoms with van der Waals surface area (Å²) in [6.07, 6.45) is 0. The molecule has 1 aromatic heterocycles. The molecular formula is C24H26BrN5O3S. The van der Waals surface area contributed by atoms with Crippen LogP contribution in [0.4, 0.5) is 5.95 Å². The molecule has 8 nitrogen and oxygen atoms in total. The molecule has 0 saturated carbocycles. The van der Waals surface area contributed by atoms with Crippen LogP contribution >= 0.6 is 27.7 Å². The van der Waals surface area contributed by atoms with Crippen molar-refractivity contribution in [2.24, 2.45) is 5.73 Å². The Balaban J connectivity index is 1.71. The number of carbonyl (C=O) groups excluding carboxylic acids is 1. The number of primary amides is 1. The van der Waals surface area contributed by atoms with E-state index < -0.39 is 11.9 Å². The first kappa shape index (κ1) is 24.2. The predicted octanol–water partition coefficient (Wildman–Crippen LogP) is 4.90. The van der Waals surface area contributed by atoms with E-state index in [1.165, 1.54) is 11.8 Å². The monoisotopic (exact) mass is 543 g/mol. The molecule has 34 heavy (non-hydrogen) atoms. The molecule has 0 fully saturated rings. The second-order valence-electron chi connectivity index (χ2n) is 7.58. The highest BCUT2D eigenvalue weighted by Crippen LogP contribution is 2.39. The van der Waals surface area contributed by atoms with Gasteiger partial charge in [-0.3, -0.25) is 4.79 Å². The van der Waals surface area contributed by atoms with Gasteiger partial charge in [0.2, 0.25) is 17.0 Å². The van der Waals surface area contributed by atoms with E-state index in [9.17, 15) is 4.79 Å². The molecule has 1 amide bonds. The van der Waals surface area contributed by atoms with Gasteiger partial charge in [0.05, 0.1) is 12.2 Å². The SMILES string of the molecule is CCOc1cc(C2C(C(N)=O)=C(C)Nc3nc(SCC)nn32)ccc1OCc1ccc(Br)cc1. The first-order valence-corrected chi connectivity index (χ1v) is 12.7. The van der Waals surface area contributed by atoms with E-state index in [1.807, 2.05) is 63.2 Å². The highest BCUT2D eigenvalue weighted by Gasteiger charge is 2.33. The molecule has 2 heterocycles. The Kier molecular flexibility index (Phi) is 7.47. The van der Waals surface area contributed by atoms with Gasteiger partial charge in [-0.05, 0) is 55.0 Å². The van der Waals surface area contributed by atoms with Gasteiger partial charge in [0.15, 0.2) is 11.5 Å². The molecule has 4 rings (SSSR count). The third-order valence-corrected chi connectivity index (χ3v) is 6.51. The van der Waals surface area contributed by atoms with Crippen molar-refractivity contribution in [3.63, 3.8) is 0 Å². The molecule has 0 saturated heterocycles. The number of nitrogens with one attached hydrogen (secondary N) is 1. The molecule has 3 N–H and O–H groups in total. The molecule has 0 spiro atoms. The number of nitrogens with zero attached hydrogens (tertiary/aromatic N) is 3. The molecule has 10 heteroatoms. The quantitative estimate of drug-likeness (QED) is 0.369.